The lowest BCUT2D eigenvalue weighted by molar-refractivity contribution is 0.0712. The van der Waals surface area contributed by atoms with Gasteiger partial charge in [-0.25, -0.2) is 0 Å². The van der Waals surface area contributed by atoms with Crippen LogP contribution in [-0.4, -0.2) is 34.4 Å². The number of hydrogen-bond acceptors (Lipinski definition) is 4. The molecule has 0 saturated heterocycles. The Morgan fingerprint density at radius 3 is 1.57 bits per heavy atom. The smallest absolute Gasteiger partial charge is 0.374 e. The second-order valence-electron chi connectivity index (χ2n) is 6.70. The number of benzene rings is 2. The van der Waals surface area contributed by atoms with Crippen LogP contribution < -0.4 is 0 Å². The fraction of sp³-hybridized carbons (Fsp3) is 0.478. The molecule has 0 spiro atoms. The molecule has 0 aliphatic carbocycles. The van der Waals surface area contributed by atoms with Gasteiger partial charge in [-0.2, -0.15) is 0 Å². The molecule has 2 aromatic carbocycles. The van der Waals surface area contributed by atoms with Gasteiger partial charge in [0.1, 0.15) is 0 Å². The summed E-state index contributed by atoms with van der Waals surface area (Å²) in [4.78, 5) is 0. The Kier molecular flexibility index (Phi) is 9.75. The first kappa shape index (κ1) is 23.2. The van der Waals surface area contributed by atoms with E-state index in [1.54, 1.807) is 0 Å². The van der Waals surface area contributed by atoms with Gasteiger partial charge in [-0.3, -0.25) is 0 Å². The molecule has 0 atom stereocenters. The number of hydrogen-bond donors (Lipinski definition) is 0. The van der Waals surface area contributed by atoms with Crippen molar-refractivity contribution in [3.63, 3.8) is 0 Å². The third-order valence-corrected chi connectivity index (χ3v) is 9.45. The van der Waals surface area contributed by atoms with E-state index >= 15 is 0 Å². The van der Waals surface area contributed by atoms with Crippen molar-refractivity contribution in [1.29, 1.82) is 0 Å². The molecule has 0 radical (unpaired) electrons. The summed E-state index contributed by atoms with van der Waals surface area (Å²) in [5.74, 6) is 1.02. The highest BCUT2D eigenvalue weighted by Gasteiger charge is 2.40. The van der Waals surface area contributed by atoms with Crippen molar-refractivity contribution < 1.29 is 13.3 Å². The van der Waals surface area contributed by atoms with Gasteiger partial charge in [0.2, 0.25) is 0 Å². The first-order chi connectivity index (χ1) is 13.6. The zero-order valence-electron chi connectivity index (χ0n) is 17.6. The van der Waals surface area contributed by atoms with Crippen LogP contribution in [0.4, 0.5) is 0 Å². The van der Waals surface area contributed by atoms with Gasteiger partial charge < -0.3 is 13.3 Å². The maximum atomic E-state index is 6.00. The van der Waals surface area contributed by atoms with Crippen LogP contribution in [0.15, 0.2) is 60.7 Å². The zero-order valence-corrected chi connectivity index (χ0v) is 19.5. The third kappa shape index (κ3) is 6.19. The largest absolute Gasteiger partial charge is 0.500 e. The van der Waals surface area contributed by atoms with Crippen molar-refractivity contribution in [2.24, 2.45) is 0 Å². The molecule has 0 aromatic heterocycles. The summed E-state index contributed by atoms with van der Waals surface area (Å²) in [6, 6.07) is 22.4. The fourth-order valence-electron chi connectivity index (χ4n) is 3.41. The SMILES string of the molecule is CCO[Si](CCCSC(C)(c1ccccc1)c1ccccc1)(OCC)OCC. The molecule has 0 unspecified atom stereocenters. The van der Waals surface area contributed by atoms with E-state index in [1.165, 1.54) is 11.1 Å². The lowest BCUT2D eigenvalue weighted by Crippen LogP contribution is -2.46. The average molecular weight is 419 g/mol. The zero-order chi connectivity index (χ0) is 20.3. The molecule has 2 aromatic rings. The van der Waals surface area contributed by atoms with Crippen LogP contribution in [0.1, 0.15) is 45.2 Å². The fourth-order valence-corrected chi connectivity index (χ4v) is 7.58. The van der Waals surface area contributed by atoms with Gasteiger partial charge in [0.05, 0.1) is 4.75 Å². The maximum absolute atomic E-state index is 6.00. The Hall–Kier alpha value is -1.11. The highest BCUT2D eigenvalue weighted by Crippen LogP contribution is 2.43. The number of rotatable bonds is 13. The van der Waals surface area contributed by atoms with Crippen LogP contribution in [0.3, 0.4) is 0 Å². The van der Waals surface area contributed by atoms with Crippen LogP contribution in [0.2, 0.25) is 6.04 Å². The van der Waals surface area contributed by atoms with E-state index in [2.05, 4.69) is 67.6 Å². The summed E-state index contributed by atoms with van der Waals surface area (Å²) >= 11 is 1.98. The summed E-state index contributed by atoms with van der Waals surface area (Å²) in [5.41, 5.74) is 2.66. The Morgan fingerprint density at radius 2 is 1.18 bits per heavy atom. The van der Waals surface area contributed by atoms with E-state index in [-0.39, 0.29) is 4.75 Å². The van der Waals surface area contributed by atoms with Gasteiger partial charge in [-0.05, 0) is 51.0 Å². The molecule has 0 saturated carbocycles. The molecular weight excluding hydrogens is 384 g/mol. The van der Waals surface area contributed by atoms with E-state index in [1.807, 2.05) is 32.5 Å². The van der Waals surface area contributed by atoms with Crippen LogP contribution in [0.5, 0.6) is 0 Å². The standard InChI is InChI=1S/C23H34O3SSi/c1-5-24-28(25-6-2,26-7-3)20-14-19-27-23(4,21-15-10-8-11-16-21)22-17-12-9-13-18-22/h8-13,15-18H,5-7,14,19-20H2,1-4H3. The van der Waals surface area contributed by atoms with Gasteiger partial charge in [-0.15, -0.1) is 11.8 Å². The molecule has 0 N–H and O–H groups in total. The van der Waals surface area contributed by atoms with Crippen LogP contribution >= 0.6 is 11.8 Å². The predicted molar refractivity (Wildman–Crippen MR) is 122 cm³/mol. The summed E-state index contributed by atoms with van der Waals surface area (Å²) < 4.78 is 17.9. The quantitative estimate of drug-likeness (QED) is 0.289. The van der Waals surface area contributed by atoms with Crippen LogP contribution in [0.25, 0.3) is 0 Å². The Balaban J connectivity index is 2.10. The lowest BCUT2D eigenvalue weighted by Gasteiger charge is -2.32. The molecule has 28 heavy (non-hydrogen) atoms. The van der Waals surface area contributed by atoms with Crippen molar-refractivity contribution >= 4 is 20.6 Å². The minimum Gasteiger partial charge on any atom is -0.374 e. The minimum absolute atomic E-state index is 0.0877. The molecule has 0 heterocycles. The molecule has 0 bridgehead atoms. The topological polar surface area (TPSA) is 27.7 Å². The molecule has 0 amide bonds. The molecule has 2 rings (SSSR count). The van der Waals surface area contributed by atoms with Crippen LogP contribution in [0, 0.1) is 0 Å². The van der Waals surface area contributed by atoms with E-state index in [0.29, 0.717) is 19.8 Å². The predicted octanol–water partition coefficient (Wildman–Crippen LogP) is 6.12. The molecular formula is C23H34O3SSi. The first-order valence-electron chi connectivity index (χ1n) is 10.3. The van der Waals surface area contributed by atoms with E-state index in [9.17, 15) is 0 Å². The molecule has 5 heteroatoms. The monoisotopic (exact) mass is 418 g/mol. The van der Waals surface area contributed by atoms with Crippen molar-refractivity contribution in [3.8, 4) is 0 Å². The molecule has 0 aliphatic heterocycles. The van der Waals surface area contributed by atoms with Crippen molar-refractivity contribution in [1.82, 2.24) is 0 Å². The van der Waals surface area contributed by atoms with Crippen LogP contribution in [-0.2, 0) is 18.0 Å². The normalized spacial score (nSPS) is 12.3. The molecule has 154 valence electrons. The van der Waals surface area contributed by atoms with Gasteiger partial charge in [-0.1, -0.05) is 60.7 Å². The highest BCUT2D eigenvalue weighted by atomic mass is 32.2. The molecule has 0 aliphatic rings. The Bertz CT molecular complexity index is 610. The Morgan fingerprint density at radius 1 is 0.750 bits per heavy atom. The van der Waals surface area contributed by atoms with Crippen molar-refractivity contribution in [3.05, 3.63) is 71.8 Å². The minimum atomic E-state index is -2.56. The summed E-state index contributed by atoms with van der Waals surface area (Å²) in [6.45, 7) is 10.2. The van der Waals surface area contributed by atoms with Crippen molar-refractivity contribution in [2.75, 3.05) is 25.6 Å². The lowest BCUT2D eigenvalue weighted by atomic mass is 9.92. The summed E-state index contributed by atoms with van der Waals surface area (Å²) in [7, 11) is -2.56. The first-order valence-corrected chi connectivity index (χ1v) is 13.2. The summed E-state index contributed by atoms with van der Waals surface area (Å²) in [6.07, 6.45) is 1.01. The maximum Gasteiger partial charge on any atom is 0.500 e. The summed E-state index contributed by atoms with van der Waals surface area (Å²) in [5, 5.41) is 0. The number of thioether (sulfide) groups is 1. The Labute approximate surface area is 176 Å². The highest BCUT2D eigenvalue weighted by molar-refractivity contribution is 8.00. The third-order valence-electron chi connectivity index (χ3n) is 4.76. The van der Waals surface area contributed by atoms with Gasteiger partial charge in [0, 0.05) is 25.9 Å². The van der Waals surface area contributed by atoms with Gasteiger partial charge in [0.25, 0.3) is 0 Å². The van der Waals surface area contributed by atoms with Gasteiger partial charge in [0.15, 0.2) is 0 Å². The molecule has 3 nitrogen and oxygen atoms in total. The second kappa shape index (κ2) is 11.8. The van der Waals surface area contributed by atoms with E-state index in [0.717, 1.165) is 18.2 Å². The van der Waals surface area contributed by atoms with E-state index < -0.39 is 8.80 Å². The average Bonchev–Trinajstić information content (AvgIpc) is 2.73. The second-order valence-corrected chi connectivity index (χ2v) is 10.9. The van der Waals surface area contributed by atoms with Crippen molar-refractivity contribution in [2.45, 2.75) is 44.9 Å². The molecule has 0 fully saturated rings. The van der Waals surface area contributed by atoms with Gasteiger partial charge >= 0.3 is 8.80 Å². The van der Waals surface area contributed by atoms with E-state index in [4.69, 9.17) is 13.3 Å².